The van der Waals surface area contributed by atoms with Crippen molar-refractivity contribution in [3.8, 4) is 0 Å². The number of hydrogen-bond acceptors (Lipinski definition) is 3. The first-order valence-corrected chi connectivity index (χ1v) is 8.49. The molecule has 2 nitrogen and oxygen atoms in total. The molecular formula is C17H25NOS. The van der Waals surface area contributed by atoms with E-state index in [2.05, 4.69) is 48.8 Å². The van der Waals surface area contributed by atoms with Crippen molar-refractivity contribution in [3.05, 3.63) is 35.2 Å². The molecule has 1 atom stereocenters. The van der Waals surface area contributed by atoms with Gasteiger partial charge in [-0.2, -0.15) is 0 Å². The Bertz CT molecular complexity index is 508. The molecule has 1 heterocycles. The van der Waals surface area contributed by atoms with Crippen LogP contribution in [0.4, 0.5) is 0 Å². The van der Waals surface area contributed by atoms with Crippen LogP contribution in [0.5, 0.6) is 0 Å². The van der Waals surface area contributed by atoms with Crippen molar-refractivity contribution in [2.75, 3.05) is 19.8 Å². The predicted octanol–water partition coefficient (Wildman–Crippen LogP) is 4.24. The molecule has 1 aromatic heterocycles. The Morgan fingerprint density at radius 3 is 2.85 bits per heavy atom. The molecule has 20 heavy (non-hydrogen) atoms. The first kappa shape index (κ1) is 15.5. The summed E-state index contributed by atoms with van der Waals surface area (Å²) in [5, 5.41) is 7.31. The Morgan fingerprint density at radius 1 is 1.20 bits per heavy atom. The van der Waals surface area contributed by atoms with E-state index in [1.807, 2.05) is 11.3 Å². The van der Waals surface area contributed by atoms with Crippen LogP contribution in [0.25, 0.3) is 10.1 Å². The highest BCUT2D eigenvalue weighted by Gasteiger charge is 2.12. The summed E-state index contributed by atoms with van der Waals surface area (Å²) in [5.74, 6) is 0. The van der Waals surface area contributed by atoms with Gasteiger partial charge in [-0.1, -0.05) is 32.0 Å². The molecular weight excluding hydrogens is 266 g/mol. The number of rotatable bonds is 9. The summed E-state index contributed by atoms with van der Waals surface area (Å²) in [7, 11) is 0. The quantitative estimate of drug-likeness (QED) is 0.698. The Hall–Kier alpha value is -0.900. The zero-order chi connectivity index (χ0) is 14.2. The van der Waals surface area contributed by atoms with Crippen molar-refractivity contribution >= 4 is 21.4 Å². The van der Waals surface area contributed by atoms with Crippen LogP contribution < -0.4 is 5.32 Å². The van der Waals surface area contributed by atoms with E-state index in [1.165, 1.54) is 15.6 Å². The molecule has 0 fully saturated rings. The molecule has 2 rings (SSSR count). The largest absolute Gasteiger partial charge is 0.380 e. The second-order valence-corrected chi connectivity index (χ2v) is 6.10. The lowest BCUT2D eigenvalue weighted by Crippen LogP contribution is -2.36. The maximum atomic E-state index is 5.74. The summed E-state index contributed by atoms with van der Waals surface area (Å²) in [5.41, 5.74) is 1.44. The fourth-order valence-corrected chi connectivity index (χ4v) is 3.34. The number of fused-ring (bicyclic) bond motifs is 1. The highest BCUT2D eigenvalue weighted by Crippen LogP contribution is 2.26. The summed E-state index contributed by atoms with van der Waals surface area (Å²) < 4.78 is 7.12. The Morgan fingerprint density at radius 2 is 2.05 bits per heavy atom. The Kier molecular flexibility index (Phi) is 6.51. The van der Waals surface area contributed by atoms with E-state index >= 15 is 0 Å². The fraction of sp³-hybridized carbons (Fsp3) is 0.529. The standard InChI is InChI=1S/C17H25NOS/c1-3-9-18-15(12-19-10-4-2)11-14-13-20-17-8-6-5-7-16(14)17/h5-8,13,15,18H,3-4,9-12H2,1-2H3. The van der Waals surface area contributed by atoms with Crippen LogP contribution in [0.1, 0.15) is 32.3 Å². The summed E-state index contributed by atoms with van der Waals surface area (Å²) in [6.07, 6.45) is 3.30. The van der Waals surface area contributed by atoms with Gasteiger partial charge in [0.1, 0.15) is 0 Å². The summed E-state index contributed by atoms with van der Waals surface area (Å²) in [6.45, 7) is 7.08. The maximum absolute atomic E-state index is 5.74. The van der Waals surface area contributed by atoms with Crippen LogP contribution in [-0.2, 0) is 11.2 Å². The lowest BCUT2D eigenvalue weighted by Gasteiger charge is -2.18. The zero-order valence-corrected chi connectivity index (χ0v) is 13.3. The van der Waals surface area contributed by atoms with Gasteiger partial charge >= 0.3 is 0 Å². The molecule has 0 spiro atoms. The summed E-state index contributed by atoms with van der Waals surface area (Å²) in [4.78, 5) is 0. The van der Waals surface area contributed by atoms with Crippen LogP contribution in [0.2, 0.25) is 0 Å². The molecule has 3 heteroatoms. The van der Waals surface area contributed by atoms with Gasteiger partial charge in [0.05, 0.1) is 6.61 Å². The SMILES string of the molecule is CCCNC(COCCC)Cc1csc2ccccc12. The van der Waals surface area contributed by atoms with Crippen molar-refractivity contribution in [1.82, 2.24) is 5.32 Å². The van der Waals surface area contributed by atoms with Gasteiger partial charge in [0.25, 0.3) is 0 Å². The average molecular weight is 291 g/mol. The molecule has 1 N–H and O–H groups in total. The first-order valence-electron chi connectivity index (χ1n) is 7.61. The minimum atomic E-state index is 0.416. The predicted molar refractivity (Wildman–Crippen MR) is 88.7 cm³/mol. The maximum Gasteiger partial charge on any atom is 0.0622 e. The van der Waals surface area contributed by atoms with Gasteiger partial charge in [-0.25, -0.2) is 0 Å². The third-order valence-corrected chi connectivity index (χ3v) is 4.39. The highest BCUT2D eigenvalue weighted by atomic mass is 32.1. The van der Waals surface area contributed by atoms with E-state index < -0.39 is 0 Å². The molecule has 0 radical (unpaired) electrons. The second-order valence-electron chi connectivity index (χ2n) is 5.19. The minimum Gasteiger partial charge on any atom is -0.380 e. The molecule has 0 amide bonds. The van der Waals surface area contributed by atoms with Crippen molar-refractivity contribution < 1.29 is 4.74 Å². The van der Waals surface area contributed by atoms with Crippen LogP contribution >= 0.6 is 11.3 Å². The molecule has 0 aliphatic heterocycles. The normalized spacial score (nSPS) is 12.9. The minimum absolute atomic E-state index is 0.416. The van der Waals surface area contributed by atoms with Gasteiger partial charge in [0.2, 0.25) is 0 Å². The molecule has 2 aromatic rings. The van der Waals surface area contributed by atoms with E-state index in [1.54, 1.807) is 0 Å². The van der Waals surface area contributed by atoms with Crippen LogP contribution in [-0.4, -0.2) is 25.8 Å². The topological polar surface area (TPSA) is 21.3 Å². The van der Waals surface area contributed by atoms with Crippen molar-refractivity contribution in [3.63, 3.8) is 0 Å². The van der Waals surface area contributed by atoms with E-state index in [0.29, 0.717) is 6.04 Å². The van der Waals surface area contributed by atoms with Gasteiger partial charge in [0, 0.05) is 17.3 Å². The van der Waals surface area contributed by atoms with Gasteiger partial charge in [-0.05, 0) is 48.2 Å². The van der Waals surface area contributed by atoms with E-state index in [0.717, 1.165) is 39.0 Å². The lowest BCUT2D eigenvalue weighted by atomic mass is 10.1. The third kappa shape index (κ3) is 4.30. The Balaban J connectivity index is 2.01. The highest BCUT2D eigenvalue weighted by molar-refractivity contribution is 7.17. The van der Waals surface area contributed by atoms with Gasteiger partial charge < -0.3 is 10.1 Å². The average Bonchev–Trinajstić information content (AvgIpc) is 2.88. The summed E-state index contributed by atoms with van der Waals surface area (Å²) >= 11 is 1.84. The number of thiophene rings is 1. The smallest absolute Gasteiger partial charge is 0.0622 e. The molecule has 0 bridgehead atoms. The van der Waals surface area contributed by atoms with Gasteiger partial charge in [-0.3, -0.25) is 0 Å². The monoisotopic (exact) mass is 291 g/mol. The molecule has 1 aromatic carbocycles. The third-order valence-electron chi connectivity index (χ3n) is 3.38. The first-order chi connectivity index (χ1) is 9.85. The van der Waals surface area contributed by atoms with E-state index in [-0.39, 0.29) is 0 Å². The number of ether oxygens (including phenoxy) is 1. The van der Waals surface area contributed by atoms with Gasteiger partial charge in [0.15, 0.2) is 0 Å². The lowest BCUT2D eigenvalue weighted by molar-refractivity contribution is 0.112. The number of hydrogen-bond donors (Lipinski definition) is 1. The molecule has 0 aliphatic carbocycles. The van der Waals surface area contributed by atoms with Gasteiger partial charge in [-0.15, -0.1) is 11.3 Å². The Labute approximate surface area is 126 Å². The molecule has 1 unspecified atom stereocenters. The molecule has 0 aliphatic rings. The van der Waals surface area contributed by atoms with Crippen LogP contribution in [0.15, 0.2) is 29.6 Å². The van der Waals surface area contributed by atoms with Crippen LogP contribution in [0.3, 0.4) is 0 Å². The fourth-order valence-electron chi connectivity index (χ4n) is 2.36. The molecule has 0 saturated heterocycles. The van der Waals surface area contributed by atoms with Crippen molar-refractivity contribution in [2.45, 2.75) is 39.2 Å². The van der Waals surface area contributed by atoms with Crippen LogP contribution in [0, 0.1) is 0 Å². The van der Waals surface area contributed by atoms with Crippen molar-refractivity contribution in [1.29, 1.82) is 0 Å². The molecule has 110 valence electrons. The van der Waals surface area contributed by atoms with E-state index in [9.17, 15) is 0 Å². The van der Waals surface area contributed by atoms with E-state index in [4.69, 9.17) is 4.74 Å². The second kappa shape index (κ2) is 8.40. The summed E-state index contributed by atoms with van der Waals surface area (Å²) in [6, 6.07) is 9.08. The zero-order valence-electron chi connectivity index (χ0n) is 12.5. The molecule has 0 saturated carbocycles. The number of benzene rings is 1. The number of nitrogens with one attached hydrogen (secondary N) is 1. The van der Waals surface area contributed by atoms with Crippen molar-refractivity contribution in [2.24, 2.45) is 0 Å².